The third-order valence-corrected chi connectivity index (χ3v) is 4.00. The van der Waals surface area contributed by atoms with Crippen LogP contribution in [0.3, 0.4) is 0 Å². The first kappa shape index (κ1) is 13.1. The second-order valence-corrected chi connectivity index (χ2v) is 5.35. The third-order valence-electron chi connectivity index (χ3n) is 4.00. The minimum Gasteiger partial charge on any atom is -0.322 e. The first-order valence-corrected chi connectivity index (χ1v) is 6.95. The van der Waals surface area contributed by atoms with Crippen molar-refractivity contribution in [2.45, 2.75) is 24.8 Å². The molecule has 6 nitrogen and oxygen atoms in total. The number of amides is 3. The predicted molar refractivity (Wildman–Crippen MR) is 73.0 cm³/mol. The van der Waals surface area contributed by atoms with E-state index in [1.54, 1.807) is 12.4 Å². The average molecular weight is 274 g/mol. The number of rotatable bonds is 3. The molecule has 3 amide bonds. The molecule has 2 aliphatic heterocycles. The maximum atomic E-state index is 12.5. The molecule has 0 aliphatic carbocycles. The Morgan fingerprint density at radius 1 is 1.30 bits per heavy atom. The Kier molecular flexibility index (Phi) is 3.40. The maximum Gasteiger partial charge on any atom is 0.325 e. The summed E-state index contributed by atoms with van der Waals surface area (Å²) in [7, 11) is 0. The maximum absolute atomic E-state index is 12.5. The molecule has 0 aromatic carbocycles. The molecule has 0 bridgehead atoms. The summed E-state index contributed by atoms with van der Waals surface area (Å²) >= 11 is 0. The molecule has 106 valence electrons. The highest BCUT2D eigenvalue weighted by Gasteiger charge is 2.51. The van der Waals surface area contributed by atoms with Crippen LogP contribution in [0.25, 0.3) is 0 Å². The number of carbonyl (C=O) groups is 2. The van der Waals surface area contributed by atoms with Crippen LogP contribution < -0.4 is 10.6 Å². The van der Waals surface area contributed by atoms with Crippen LogP contribution in [0.2, 0.25) is 0 Å². The van der Waals surface area contributed by atoms with Crippen molar-refractivity contribution in [3.8, 4) is 0 Å². The molecule has 6 heteroatoms. The summed E-state index contributed by atoms with van der Waals surface area (Å²) in [5.41, 5.74) is 0.358. The van der Waals surface area contributed by atoms with Gasteiger partial charge in [-0.15, -0.1) is 0 Å². The summed E-state index contributed by atoms with van der Waals surface area (Å²) in [5, 5.41) is 6.06. The molecular weight excluding hydrogens is 256 g/mol. The molecule has 2 N–H and O–H groups in total. The lowest BCUT2D eigenvalue weighted by molar-refractivity contribution is -0.131. The molecule has 1 aromatic rings. The summed E-state index contributed by atoms with van der Waals surface area (Å²) in [6.07, 6.45) is 5.72. The second kappa shape index (κ2) is 5.20. The van der Waals surface area contributed by atoms with Crippen LogP contribution in [-0.2, 0) is 11.2 Å². The Morgan fingerprint density at radius 3 is 2.80 bits per heavy atom. The molecule has 3 rings (SSSR count). The van der Waals surface area contributed by atoms with Crippen molar-refractivity contribution in [1.82, 2.24) is 20.5 Å². The molecule has 1 unspecified atom stereocenters. The van der Waals surface area contributed by atoms with E-state index >= 15 is 0 Å². The van der Waals surface area contributed by atoms with Gasteiger partial charge in [0, 0.05) is 25.5 Å². The van der Waals surface area contributed by atoms with Gasteiger partial charge in [0.25, 0.3) is 5.91 Å². The van der Waals surface area contributed by atoms with Gasteiger partial charge >= 0.3 is 6.03 Å². The van der Waals surface area contributed by atoms with E-state index in [1.807, 2.05) is 12.1 Å². The first-order chi connectivity index (χ1) is 9.71. The number of nitrogens with zero attached hydrogens (tertiary/aromatic N) is 2. The van der Waals surface area contributed by atoms with E-state index in [0.29, 0.717) is 19.5 Å². The summed E-state index contributed by atoms with van der Waals surface area (Å²) in [4.78, 5) is 29.8. The summed E-state index contributed by atoms with van der Waals surface area (Å²) in [6.45, 7) is 1.85. The summed E-state index contributed by atoms with van der Waals surface area (Å²) in [5.74, 6) is -0.0937. The van der Waals surface area contributed by atoms with Crippen LogP contribution in [0.1, 0.15) is 18.4 Å². The van der Waals surface area contributed by atoms with Crippen LogP contribution in [-0.4, -0.2) is 47.0 Å². The highest BCUT2D eigenvalue weighted by atomic mass is 16.2. The van der Waals surface area contributed by atoms with Crippen LogP contribution in [0.5, 0.6) is 0 Å². The van der Waals surface area contributed by atoms with Gasteiger partial charge in [-0.25, -0.2) is 4.79 Å². The minimum absolute atomic E-state index is 0.0937. The second-order valence-electron chi connectivity index (χ2n) is 5.35. The highest BCUT2D eigenvalue weighted by Crippen LogP contribution is 2.25. The molecule has 0 saturated carbocycles. The Bertz CT molecular complexity index is 511. The zero-order valence-corrected chi connectivity index (χ0v) is 11.3. The summed E-state index contributed by atoms with van der Waals surface area (Å²) in [6, 6.07) is 3.53. The Balaban J connectivity index is 1.68. The van der Waals surface area contributed by atoms with Crippen molar-refractivity contribution >= 4 is 11.9 Å². The van der Waals surface area contributed by atoms with Gasteiger partial charge in [-0.05, 0) is 43.5 Å². The number of pyridine rings is 1. The number of nitrogens with one attached hydrogen (secondary N) is 2. The van der Waals surface area contributed by atoms with Crippen molar-refractivity contribution in [2.24, 2.45) is 0 Å². The number of hydrogen-bond donors (Lipinski definition) is 2. The SMILES string of the molecule is O=C1NC2(CCCNC2)C(=O)N1CCc1ccncc1. The third kappa shape index (κ3) is 2.27. The van der Waals surface area contributed by atoms with Crippen molar-refractivity contribution in [3.05, 3.63) is 30.1 Å². The van der Waals surface area contributed by atoms with E-state index in [9.17, 15) is 9.59 Å². The zero-order valence-electron chi connectivity index (χ0n) is 11.3. The molecule has 0 radical (unpaired) electrons. The zero-order chi connectivity index (χ0) is 14.0. The van der Waals surface area contributed by atoms with Crippen LogP contribution in [0.4, 0.5) is 4.79 Å². The molecular formula is C14H18N4O2. The van der Waals surface area contributed by atoms with Crippen molar-refractivity contribution in [2.75, 3.05) is 19.6 Å². The number of hydrogen-bond acceptors (Lipinski definition) is 4. The molecule has 3 heterocycles. The molecule has 2 fully saturated rings. The predicted octanol–water partition coefficient (Wildman–Crippen LogP) is 0.298. The van der Waals surface area contributed by atoms with Gasteiger partial charge in [0.2, 0.25) is 0 Å². The van der Waals surface area contributed by atoms with E-state index in [1.165, 1.54) is 4.90 Å². The van der Waals surface area contributed by atoms with Gasteiger partial charge in [-0.2, -0.15) is 0 Å². The Hall–Kier alpha value is -1.95. The van der Waals surface area contributed by atoms with Crippen molar-refractivity contribution < 1.29 is 9.59 Å². The molecule has 20 heavy (non-hydrogen) atoms. The van der Waals surface area contributed by atoms with Gasteiger partial charge in [0.05, 0.1) is 0 Å². The fourth-order valence-corrected chi connectivity index (χ4v) is 2.86. The van der Waals surface area contributed by atoms with Crippen LogP contribution in [0, 0.1) is 0 Å². The summed E-state index contributed by atoms with van der Waals surface area (Å²) < 4.78 is 0. The average Bonchev–Trinajstić information content (AvgIpc) is 2.70. The monoisotopic (exact) mass is 274 g/mol. The largest absolute Gasteiger partial charge is 0.325 e. The number of imide groups is 1. The standard InChI is InChI=1S/C14H18N4O2/c19-12-14(5-1-6-16-10-14)17-13(20)18(12)9-4-11-2-7-15-8-3-11/h2-3,7-8,16H,1,4-6,9-10H2,(H,17,20). The van der Waals surface area contributed by atoms with Crippen molar-refractivity contribution in [1.29, 1.82) is 0 Å². The number of urea groups is 1. The van der Waals surface area contributed by atoms with Crippen molar-refractivity contribution in [3.63, 3.8) is 0 Å². The van der Waals surface area contributed by atoms with Gasteiger partial charge in [-0.1, -0.05) is 0 Å². The van der Waals surface area contributed by atoms with Gasteiger partial charge in [0.15, 0.2) is 0 Å². The van der Waals surface area contributed by atoms with Gasteiger partial charge < -0.3 is 10.6 Å². The van der Waals surface area contributed by atoms with E-state index in [4.69, 9.17) is 0 Å². The molecule has 2 saturated heterocycles. The lowest BCUT2D eigenvalue weighted by Crippen LogP contribution is -2.57. The molecule has 1 aromatic heterocycles. The fraction of sp³-hybridized carbons (Fsp3) is 0.500. The quantitative estimate of drug-likeness (QED) is 0.777. The Labute approximate surface area is 117 Å². The molecule has 1 spiro atoms. The minimum atomic E-state index is -0.715. The van der Waals surface area contributed by atoms with E-state index in [-0.39, 0.29) is 11.9 Å². The first-order valence-electron chi connectivity index (χ1n) is 6.95. The van der Waals surface area contributed by atoms with Crippen LogP contribution >= 0.6 is 0 Å². The molecule has 2 aliphatic rings. The van der Waals surface area contributed by atoms with E-state index in [0.717, 1.165) is 24.9 Å². The lowest BCUT2D eigenvalue weighted by atomic mass is 9.90. The number of carbonyl (C=O) groups excluding carboxylic acids is 2. The fourth-order valence-electron chi connectivity index (χ4n) is 2.86. The van der Waals surface area contributed by atoms with E-state index < -0.39 is 5.54 Å². The topological polar surface area (TPSA) is 74.3 Å². The normalized spacial score (nSPS) is 26.1. The molecule has 1 atom stereocenters. The number of aromatic nitrogens is 1. The Morgan fingerprint density at radius 2 is 2.10 bits per heavy atom. The smallest absolute Gasteiger partial charge is 0.322 e. The van der Waals surface area contributed by atoms with Gasteiger partial charge in [-0.3, -0.25) is 14.7 Å². The van der Waals surface area contributed by atoms with Crippen LogP contribution in [0.15, 0.2) is 24.5 Å². The lowest BCUT2D eigenvalue weighted by Gasteiger charge is -2.31. The highest BCUT2D eigenvalue weighted by molar-refractivity contribution is 6.07. The number of piperidine rings is 1. The van der Waals surface area contributed by atoms with E-state index in [2.05, 4.69) is 15.6 Å². The van der Waals surface area contributed by atoms with Gasteiger partial charge in [0.1, 0.15) is 5.54 Å².